The van der Waals surface area contributed by atoms with Crippen LogP contribution in [-0.2, 0) is 13.1 Å². The maximum atomic E-state index is 11.1. The van der Waals surface area contributed by atoms with Gasteiger partial charge in [0, 0.05) is 17.2 Å². The highest BCUT2D eigenvalue weighted by Crippen LogP contribution is 2.18. The minimum Gasteiger partial charge on any atom is -0.478 e. The summed E-state index contributed by atoms with van der Waals surface area (Å²) in [4.78, 5) is 15.2. The second kappa shape index (κ2) is 5.79. The van der Waals surface area contributed by atoms with Gasteiger partial charge in [-0.1, -0.05) is 0 Å². The van der Waals surface area contributed by atoms with Crippen LogP contribution in [0.5, 0.6) is 0 Å². The summed E-state index contributed by atoms with van der Waals surface area (Å²) in [5.41, 5.74) is 0.108. The van der Waals surface area contributed by atoms with E-state index in [0.717, 1.165) is 12.4 Å². The molecule has 0 aromatic carbocycles. The number of hydrogen-bond acceptors (Lipinski definition) is 5. The van der Waals surface area contributed by atoms with Crippen molar-refractivity contribution in [2.45, 2.75) is 20.0 Å². The molecular formula is C11H12BrN5O2. The minimum absolute atomic E-state index is 0.108. The Morgan fingerprint density at radius 3 is 3.05 bits per heavy atom. The van der Waals surface area contributed by atoms with Crippen molar-refractivity contribution in [3.05, 3.63) is 34.5 Å². The number of carbonyl (C=O) groups is 1. The molecule has 7 nitrogen and oxygen atoms in total. The summed E-state index contributed by atoms with van der Waals surface area (Å²) in [6.07, 6.45) is 3.17. The Morgan fingerprint density at radius 1 is 1.58 bits per heavy atom. The van der Waals surface area contributed by atoms with E-state index < -0.39 is 5.97 Å². The summed E-state index contributed by atoms with van der Waals surface area (Å²) >= 11 is 3.20. The van der Waals surface area contributed by atoms with Crippen LogP contribution in [0.25, 0.3) is 0 Å². The SMILES string of the molecule is CCn1cnnc1CNc1ncc(Br)cc1C(=O)O. The first-order valence-corrected chi connectivity index (χ1v) is 6.40. The highest BCUT2D eigenvalue weighted by atomic mass is 79.9. The zero-order valence-electron chi connectivity index (χ0n) is 10.2. The molecule has 0 radical (unpaired) electrons. The largest absolute Gasteiger partial charge is 0.478 e. The maximum Gasteiger partial charge on any atom is 0.339 e. The van der Waals surface area contributed by atoms with E-state index in [-0.39, 0.29) is 5.56 Å². The first-order chi connectivity index (χ1) is 9.11. The fourth-order valence-corrected chi connectivity index (χ4v) is 1.92. The van der Waals surface area contributed by atoms with Gasteiger partial charge in [-0.15, -0.1) is 10.2 Å². The lowest BCUT2D eigenvalue weighted by molar-refractivity contribution is 0.0697. The number of aromatic nitrogens is 4. The van der Waals surface area contributed by atoms with Crippen LogP contribution in [0, 0.1) is 0 Å². The number of aromatic carboxylic acids is 1. The predicted molar refractivity (Wildman–Crippen MR) is 71.9 cm³/mol. The number of pyridine rings is 1. The number of nitrogens with zero attached hydrogens (tertiary/aromatic N) is 4. The predicted octanol–water partition coefficient (Wildman–Crippen LogP) is 1.77. The van der Waals surface area contributed by atoms with Crippen LogP contribution in [0.4, 0.5) is 5.82 Å². The van der Waals surface area contributed by atoms with Gasteiger partial charge in [-0.3, -0.25) is 0 Å². The molecule has 0 amide bonds. The molecule has 0 saturated carbocycles. The molecule has 2 rings (SSSR count). The zero-order valence-corrected chi connectivity index (χ0v) is 11.8. The molecule has 19 heavy (non-hydrogen) atoms. The Balaban J connectivity index is 2.18. The van der Waals surface area contributed by atoms with Crippen molar-refractivity contribution in [2.75, 3.05) is 5.32 Å². The molecule has 100 valence electrons. The molecule has 2 aromatic heterocycles. The molecule has 0 atom stereocenters. The molecule has 2 heterocycles. The molecule has 0 saturated heterocycles. The van der Waals surface area contributed by atoms with Gasteiger partial charge in [-0.2, -0.15) is 0 Å². The van der Waals surface area contributed by atoms with Gasteiger partial charge >= 0.3 is 5.97 Å². The van der Waals surface area contributed by atoms with Gasteiger partial charge in [0.05, 0.1) is 6.54 Å². The summed E-state index contributed by atoms with van der Waals surface area (Å²) in [5, 5.41) is 19.8. The molecule has 0 bridgehead atoms. The van der Waals surface area contributed by atoms with Crippen LogP contribution < -0.4 is 5.32 Å². The van der Waals surface area contributed by atoms with Gasteiger partial charge in [0.25, 0.3) is 0 Å². The molecule has 0 aliphatic carbocycles. The van der Waals surface area contributed by atoms with E-state index in [0.29, 0.717) is 16.8 Å². The number of hydrogen-bond donors (Lipinski definition) is 2. The van der Waals surface area contributed by atoms with Crippen molar-refractivity contribution in [2.24, 2.45) is 0 Å². The molecule has 2 aromatic rings. The molecule has 0 aliphatic rings. The van der Waals surface area contributed by atoms with E-state index in [1.54, 1.807) is 12.5 Å². The molecule has 0 aliphatic heterocycles. The Bertz CT molecular complexity index is 599. The molecule has 0 spiro atoms. The van der Waals surface area contributed by atoms with Crippen LogP contribution in [0.2, 0.25) is 0 Å². The standard InChI is InChI=1S/C11H12BrN5O2/c1-2-17-6-15-16-9(17)5-14-10-8(11(18)19)3-7(12)4-13-10/h3-4,6H,2,5H2,1H3,(H,13,14)(H,18,19). The van der Waals surface area contributed by atoms with Crippen molar-refractivity contribution in [3.63, 3.8) is 0 Å². The summed E-state index contributed by atoms with van der Waals surface area (Å²) in [7, 11) is 0. The summed E-state index contributed by atoms with van der Waals surface area (Å²) in [6, 6.07) is 1.50. The Hall–Kier alpha value is -1.96. The van der Waals surface area contributed by atoms with Crippen molar-refractivity contribution in [1.82, 2.24) is 19.7 Å². The lowest BCUT2D eigenvalue weighted by Crippen LogP contribution is -2.11. The van der Waals surface area contributed by atoms with Crippen molar-refractivity contribution in [1.29, 1.82) is 0 Å². The summed E-state index contributed by atoms with van der Waals surface area (Å²) in [5.74, 6) is -0.00170. The first-order valence-electron chi connectivity index (χ1n) is 5.61. The number of anilines is 1. The van der Waals surface area contributed by atoms with Gasteiger partial charge in [0.1, 0.15) is 17.7 Å². The lowest BCUT2D eigenvalue weighted by atomic mass is 10.2. The number of rotatable bonds is 5. The van der Waals surface area contributed by atoms with Crippen molar-refractivity contribution in [3.8, 4) is 0 Å². The number of aryl methyl sites for hydroxylation is 1. The van der Waals surface area contributed by atoms with Gasteiger partial charge in [0.15, 0.2) is 5.82 Å². The lowest BCUT2D eigenvalue weighted by Gasteiger charge is -2.09. The normalized spacial score (nSPS) is 10.4. The molecule has 2 N–H and O–H groups in total. The average Bonchev–Trinajstić information content (AvgIpc) is 2.84. The third-order valence-corrected chi connectivity index (χ3v) is 2.97. The first kappa shape index (κ1) is 13.5. The fraction of sp³-hybridized carbons (Fsp3) is 0.273. The second-order valence-electron chi connectivity index (χ2n) is 3.74. The second-order valence-corrected chi connectivity index (χ2v) is 4.66. The Morgan fingerprint density at radius 2 is 2.37 bits per heavy atom. The summed E-state index contributed by atoms with van der Waals surface area (Å²) < 4.78 is 2.49. The van der Waals surface area contributed by atoms with Crippen LogP contribution >= 0.6 is 15.9 Å². The van der Waals surface area contributed by atoms with Gasteiger partial charge in [-0.25, -0.2) is 9.78 Å². The molecular weight excluding hydrogens is 314 g/mol. The topological polar surface area (TPSA) is 92.9 Å². The quantitative estimate of drug-likeness (QED) is 0.870. The Labute approximate surface area is 117 Å². The van der Waals surface area contributed by atoms with Crippen LogP contribution in [0.3, 0.4) is 0 Å². The van der Waals surface area contributed by atoms with Crippen LogP contribution in [0.1, 0.15) is 23.1 Å². The fourth-order valence-electron chi connectivity index (χ4n) is 1.59. The van der Waals surface area contributed by atoms with Gasteiger partial charge in [-0.05, 0) is 28.9 Å². The third kappa shape index (κ3) is 3.08. The maximum absolute atomic E-state index is 11.1. The van der Waals surface area contributed by atoms with E-state index in [1.165, 1.54) is 6.07 Å². The average molecular weight is 326 g/mol. The zero-order chi connectivity index (χ0) is 13.8. The van der Waals surface area contributed by atoms with Gasteiger partial charge in [0.2, 0.25) is 0 Å². The molecule has 8 heteroatoms. The van der Waals surface area contributed by atoms with E-state index in [1.807, 2.05) is 11.5 Å². The molecule has 0 fully saturated rings. The highest BCUT2D eigenvalue weighted by molar-refractivity contribution is 9.10. The summed E-state index contributed by atoms with van der Waals surface area (Å²) in [6.45, 7) is 3.10. The number of halogens is 1. The van der Waals surface area contributed by atoms with E-state index in [4.69, 9.17) is 5.11 Å². The highest BCUT2D eigenvalue weighted by Gasteiger charge is 2.13. The number of carboxylic acids is 1. The van der Waals surface area contributed by atoms with E-state index in [9.17, 15) is 4.79 Å². The van der Waals surface area contributed by atoms with Crippen LogP contribution in [0.15, 0.2) is 23.1 Å². The van der Waals surface area contributed by atoms with E-state index in [2.05, 4.69) is 36.4 Å². The third-order valence-electron chi connectivity index (χ3n) is 2.54. The number of nitrogens with one attached hydrogen (secondary N) is 1. The van der Waals surface area contributed by atoms with Crippen molar-refractivity contribution < 1.29 is 9.90 Å². The van der Waals surface area contributed by atoms with Gasteiger partial charge < -0.3 is 15.0 Å². The van der Waals surface area contributed by atoms with E-state index >= 15 is 0 Å². The number of carboxylic acid groups (broad SMARTS) is 1. The smallest absolute Gasteiger partial charge is 0.339 e. The van der Waals surface area contributed by atoms with Crippen LogP contribution in [-0.4, -0.2) is 30.8 Å². The molecule has 0 unspecified atom stereocenters. The minimum atomic E-state index is -1.03. The Kier molecular flexibility index (Phi) is 4.10. The van der Waals surface area contributed by atoms with Crippen molar-refractivity contribution >= 4 is 27.7 Å². The monoisotopic (exact) mass is 325 g/mol.